The van der Waals surface area contributed by atoms with Gasteiger partial charge in [0.15, 0.2) is 0 Å². The van der Waals surface area contributed by atoms with E-state index in [1.54, 1.807) is 0 Å². The van der Waals surface area contributed by atoms with Crippen molar-refractivity contribution in [2.45, 2.75) is 0 Å². The van der Waals surface area contributed by atoms with E-state index in [4.69, 9.17) is 14.4 Å². The number of hydrogen-bond donors (Lipinski definition) is 2. The molecule has 6 heavy (non-hydrogen) atoms. The van der Waals surface area contributed by atoms with Gasteiger partial charge in [-0.3, -0.25) is 0 Å². The van der Waals surface area contributed by atoms with Gasteiger partial charge in [0.1, 0.15) is 0 Å². The molecular formula is H6CaO4P+. The first-order chi connectivity index (χ1) is 1.73. The first kappa shape index (κ1) is 15.7. The van der Waals surface area contributed by atoms with Gasteiger partial charge in [-0.1, -0.05) is 0 Å². The van der Waals surface area contributed by atoms with E-state index < -0.39 is 8.25 Å². The Hall–Kier alpha value is 1.24. The summed E-state index contributed by atoms with van der Waals surface area (Å²) in [5, 5.41) is 0. The molecule has 4 nitrogen and oxygen atoms in total. The van der Waals surface area contributed by atoms with E-state index in [9.17, 15) is 0 Å². The van der Waals surface area contributed by atoms with Gasteiger partial charge in [0.25, 0.3) is 0 Å². The first-order valence-electron chi connectivity index (χ1n) is 0.583. The van der Waals surface area contributed by atoms with Crippen LogP contribution in [-0.4, -0.2) is 53.0 Å². The molecule has 0 amide bonds. The van der Waals surface area contributed by atoms with E-state index in [-0.39, 0.29) is 46.1 Å². The quantitative estimate of drug-likeness (QED) is 0.323. The number of rotatable bonds is 0. The van der Waals surface area contributed by atoms with E-state index in [0.29, 0.717) is 0 Å². The standard InChI is InChI=1S/Ca.HO3P.H2O.2H/c;1-4(2)3;;;/h;(H-,1,2,3);1H2;;/q+2;;;2*-1/p+1. The summed E-state index contributed by atoms with van der Waals surface area (Å²) in [4.78, 5) is 14.2. The van der Waals surface area contributed by atoms with Crippen LogP contribution in [0.5, 0.6) is 0 Å². The Kier molecular flexibility index (Phi) is 24.9. The molecule has 6 heteroatoms. The maximum atomic E-state index is 8.70. The summed E-state index contributed by atoms with van der Waals surface area (Å²) in [7, 11) is -2.87. The van der Waals surface area contributed by atoms with Crippen molar-refractivity contribution < 1.29 is 22.7 Å². The molecule has 0 aromatic rings. The zero-order valence-corrected chi connectivity index (χ0v) is 6.06. The van der Waals surface area contributed by atoms with Crippen molar-refractivity contribution in [1.29, 1.82) is 0 Å². The maximum Gasteiger partial charge on any atom is 2.00 e. The third-order valence-corrected chi connectivity index (χ3v) is 0. The van der Waals surface area contributed by atoms with E-state index in [1.807, 2.05) is 0 Å². The van der Waals surface area contributed by atoms with E-state index in [2.05, 4.69) is 0 Å². The van der Waals surface area contributed by atoms with Crippen molar-refractivity contribution in [1.82, 2.24) is 0 Å². The van der Waals surface area contributed by atoms with Crippen LogP contribution in [0.2, 0.25) is 0 Å². The topological polar surface area (TPSA) is 89.0 Å². The van der Waals surface area contributed by atoms with Gasteiger partial charge in [0.2, 0.25) is 0 Å². The Balaban J connectivity index is -0.00000000750. The maximum absolute atomic E-state index is 8.70. The molecule has 0 aliphatic heterocycles. The van der Waals surface area contributed by atoms with Crippen LogP contribution >= 0.6 is 8.25 Å². The summed E-state index contributed by atoms with van der Waals surface area (Å²) < 4.78 is 8.70. The Labute approximate surface area is 68.4 Å². The Morgan fingerprint density at radius 1 is 1.50 bits per heavy atom. The van der Waals surface area contributed by atoms with E-state index in [0.717, 1.165) is 0 Å². The van der Waals surface area contributed by atoms with Gasteiger partial charge in [-0.2, -0.15) is 0 Å². The van der Waals surface area contributed by atoms with E-state index >= 15 is 0 Å². The Morgan fingerprint density at radius 3 is 1.50 bits per heavy atom. The zero-order valence-electron chi connectivity index (χ0n) is 4.96. The van der Waals surface area contributed by atoms with Crippen molar-refractivity contribution in [3.8, 4) is 0 Å². The molecule has 0 fully saturated rings. The monoisotopic (exact) mass is 141 g/mol. The van der Waals surface area contributed by atoms with Gasteiger partial charge < -0.3 is 8.33 Å². The fourth-order valence-electron chi connectivity index (χ4n) is 0. The van der Waals surface area contributed by atoms with Crippen LogP contribution in [0.15, 0.2) is 0 Å². The van der Waals surface area contributed by atoms with Gasteiger partial charge >= 0.3 is 46.0 Å². The van der Waals surface area contributed by atoms with Gasteiger partial charge in [-0.25, -0.2) is 0 Å². The van der Waals surface area contributed by atoms with E-state index in [1.165, 1.54) is 0 Å². The van der Waals surface area contributed by atoms with Crippen LogP contribution in [0.25, 0.3) is 0 Å². The molecule has 0 radical (unpaired) electrons. The van der Waals surface area contributed by atoms with Crippen LogP contribution in [0.4, 0.5) is 0 Å². The fraction of sp³-hybridized carbons (Fsp3) is 0. The molecule has 36 valence electrons. The van der Waals surface area contributed by atoms with Gasteiger partial charge in [0, 0.05) is 4.57 Å². The van der Waals surface area contributed by atoms with Crippen LogP contribution < -0.4 is 0 Å². The zero-order chi connectivity index (χ0) is 3.58. The molecule has 4 N–H and O–H groups in total. The molecule has 0 unspecified atom stereocenters. The molecule has 0 aliphatic carbocycles. The van der Waals surface area contributed by atoms with Crippen molar-refractivity contribution in [3.63, 3.8) is 0 Å². The molecule has 0 aliphatic rings. The second kappa shape index (κ2) is 9.53. The van der Waals surface area contributed by atoms with Crippen LogP contribution in [0.1, 0.15) is 2.85 Å². The molecule has 0 atom stereocenters. The molecule has 0 spiro atoms. The largest absolute Gasteiger partial charge is 2.00 e. The summed E-state index contributed by atoms with van der Waals surface area (Å²) in [6.45, 7) is 0. The Morgan fingerprint density at radius 2 is 1.50 bits per heavy atom. The fourth-order valence-corrected chi connectivity index (χ4v) is 0. The van der Waals surface area contributed by atoms with Crippen molar-refractivity contribution in [2.75, 3.05) is 0 Å². The summed E-state index contributed by atoms with van der Waals surface area (Å²) in [5.41, 5.74) is 0. The van der Waals surface area contributed by atoms with Crippen molar-refractivity contribution in [3.05, 3.63) is 0 Å². The second-order valence-electron chi connectivity index (χ2n) is 0.253. The first-order valence-corrected chi connectivity index (χ1v) is 1.75. The summed E-state index contributed by atoms with van der Waals surface area (Å²) in [6.07, 6.45) is 0. The second-order valence-corrected chi connectivity index (χ2v) is 0.758. The predicted octanol–water partition coefficient (Wildman–Crippen LogP) is -1.35. The molecule has 0 saturated heterocycles. The molecule has 0 heterocycles. The van der Waals surface area contributed by atoms with Crippen molar-refractivity contribution >= 4 is 46.0 Å². The van der Waals surface area contributed by atoms with Crippen LogP contribution in [-0.2, 0) is 4.57 Å². The summed E-state index contributed by atoms with van der Waals surface area (Å²) in [6, 6.07) is 0. The molecule has 0 aromatic heterocycles. The SMILES string of the molecule is O.O=[P+](O)O.[Ca+2].[H-].[H-]. The van der Waals surface area contributed by atoms with Crippen LogP contribution in [0.3, 0.4) is 0 Å². The molecular weight excluding hydrogens is 135 g/mol. The number of hydrogen-bond acceptors (Lipinski definition) is 1. The predicted molar refractivity (Wildman–Crippen MR) is 23.6 cm³/mol. The summed E-state index contributed by atoms with van der Waals surface area (Å²) >= 11 is 0. The third kappa shape index (κ3) is 61.3. The van der Waals surface area contributed by atoms with Crippen molar-refractivity contribution in [2.24, 2.45) is 0 Å². The minimum atomic E-state index is -2.87. The average molecular weight is 141 g/mol. The Bertz CT molecular complexity index is 37.0. The normalized spacial score (nSPS) is 4.33. The van der Waals surface area contributed by atoms with Crippen LogP contribution in [0, 0.1) is 0 Å². The van der Waals surface area contributed by atoms with Gasteiger partial charge in [-0.05, 0) is 0 Å². The third-order valence-electron chi connectivity index (χ3n) is 0. The molecule has 0 aromatic carbocycles. The summed E-state index contributed by atoms with van der Waals surface area (Å²) in [5.74, 6) is 0. The minimum Gasteiger partial charge on any atom is -1.00 e. The van der Waals surface area contributed by atoms with Gasteiger partial charge in [0.05, 0.1) is 0 Å². The molecule has 0 saturated carbocycles. The average Bonchev–Trinajstić information content (AvgIpc) is 0.811. The molecule has 0 rings (SSSR count). The molecule has 0 bridgehead atoms. The van der Waals surface area contributed by atoms with Gasteiger partial charge in [-0.15, -0.1) is 9.79 Å². The smallest absolute Gasteiger partial charge is 1.00 e. The minimum absolute atomic E-state index is 0.